The molecule has 1 unspecified atom stereocenters. The summed E-state index contributed by atoms with van der Waals surface area (Å²) in [7, 11) is 0. The molecule has 1 heterocycles. The van der Waals surface area contributed by atoms with Crippen molar-refractivity contribution in [2.24, 2.45) is 5.92 Å². The highest BCUT2D eigenvalue weighted by Gasteiger charge is 2.14. The summed E-state index contributed by atoms with van der Waals surface area (Å²) in [4.78, 5) is 1.48. The number of halogens is 1. The Balaban J connectivity index is 2.01. The van der Waals surface area contributed by atoms with Crippen LogP contribution >= 0.6 is 27.3 Å². The van der Waals surface area contributed by atoms with E-state index in [1.54, 1.807) is 0 Å². The van der Waals surface area contributed by atoms with Gasteiger partial charge < -0.3 is 5.32 Å². The van der Waals surface area contributed by atoms with Gasteiger partial charge in [0.1, 0.15) is 0 Å². The maximum absolute atomic E-state index is 3.71. The summed E-state index contributed by atoms with van der Waals surface area (Å²) in [6.45, 7) is 6.64. The number of thiophene rings is 1. The summed E-state index contributed by atoms with van der Waals surface area (Å²) in [5.74, 6) is 1.25. The Hall–Kier alpha value is -0.640. The van der Waals surface area contributed by atoms with Crippen LogP contribution < -0.4 is 5.32 Å². The van der Waals surface area contributed by atoms with E-state index in [9.17, 15) is 0 Å². The van der Waals surface area contributed by atoms with Crippen LogP contribution in [0.2, 0.25) is 0 Å². The minimum atomic E-state index is 0.557. The van der Waals surface area contributed by atoms with Gasteiger partial charge in [-0.2, -0.15) is 0 Å². The predicted octanol–water partition coefficient (Wildman–Crippen LogP) is 5.47. The summed E-state index contributed by atoms with van der Waals surface area (Å²) >= 11 is 5.57. The molecule has 0 saturated carbocycles. The Morgan fingerprint density at radius 2 is 1.90 bits per heavy atom. The largest absolute Gasteiger partial charge is 0.316 e. The third-order valence-corrected chi connectivity index (χ3v) is 5.27. The average molecular weight is 366 g/mol. The molecule has 3 heteroatoms. The molecular weight excluding hydrogens is 342 g/mol. The number of hydrogen-bond donors (Lipinski definition) is 1. The van der Waals surface area contributed by atoms with E-state index in [1.165, 1.54) is 21.3 Å². The second-order valence-corrected chi connectivity index (χ2v) is 7.78. The SMILES string of the molecule is CC(C)CNCC(CCc1cccs1)c1ccccc1Br. The van der Waals surface area contributed by atoms with E-state index in [1.807, 2.05) is 11.3 Å². The summed E-state index contributed by atoms with van der Waals surface area (Å²) < 4.78 is 1.23. The van der Waals surface area contributed by atoms with Crippen molar-refractivity contribution in [3.05, 3.63) is 56.7 Å². The molecule has 0 aliphatic carbocycles. The molecule has 2 rings (SSSR count). The van der Waals surface area contributed by atoms with Crippen LogP contribution in [-0.2, 0) is 6.42 Å². The molecule has 1 aromatic heterocycles. The molecule has 0 fully saturated rings. The highest BCUT2D eigenvalue weighted by atomic mass is 79.9. The normalized spacial score (nSPS) is 12.8. The van der Waals surface area contributed by atoms with Crippen molar-refractivity contribution in [3.8, 4) is 0 Å². The van der Waals surface area contributed by atoms with Crippen LogP contribution in [0.5, 0.6) is 0 Å². The highest BCUT2D eigenvalue weighted by Crippen LogP contribution is 2.28. The van der Waals surface area contributed by atoms with Gasteiger partial charge in [-0.1, -0.05) is 54.0 Å². The van der Waals surface area contributed by atoms with Crippen molar-refractivity contribution in [1.82, 2.24) is 5.32 Å². The third kappa shape index (κ3) is 5.57. The van der Waals surface area contributed by atoms with Crippen LogP contribution in [0.25, 0.3) is 0 Å². The van der Waals surface area contributed by atoms with E-state index >= 15 is 0 Å². The first-order valence-electron chi connectivity index (χ1n) is 7.64. The molecule has 1 N–H and O–H groups in total. The number of hydrogen-bond acceptors (Lipinski definition) is 2. The topological polar surface area (TPSA) is 12.0 Å². The van der Waals surface area contributed by atoms with E-state index < -0.39 is 0 Å². The number of benzene rings is 1. The quantitative estimate of drug-likeness (QED) is 0.653. The maximum atomic E-state index is 3.71. The van der Waals surface area contributed by atoms with Gasteiger partial charge in [0.05, 0.1) is 0 Å². The van der Waals surface area contributed by atoms with Crippen molar-refractivity contribution < 1.29 is 0 Å². The van der Waals surface area contributed by atoms with Gasteiger partial charge in [0.15, 0.2) is 0 Å². The predicted molar refractivity (Wildman–Crippen MR) is 97.2 cm³/mol. The van der Waals surface area contributed by atoms with Gasteiger partial charge in [-0.05, 0) is 54.3 Å². The lowest BCUT2D eigenvalue weighted by Crippen LogP contribution is -2.26. The molecule has 0 aliphatic heterocycles. The molecule has 0 amide bonds. The fourth-order valence-electron chi connectivity index (χ4n) is 2.49. The van der Waals surface area contributed by atoms with E-state index in [4.69, 9.17) is 0 Å². The fraction of sp³-hybridized carbons (Fsp3) is 0.444. The van der Waals surface area contributed by atoms with Crippen molar-refractivity contribution in [3.63, 3.8) is 0 Å². The molecule has 1 atom stereocenters. The van der Waals surface area contributed by atoms with Crippen molar-refractivity contribution >= 4 is 27.3 Å². The van der Waals surface area contributed by atoms with E-state index in [0.29, 0.717) is 11.8 Å². The summed E-state index contributed by atoms with van der Waals surface area (Å²) in [5, 5.41) is 5.79. The molecule has 2 aromatic rings. The summed E-state index contributed by atoms with van der Waals surface area (Å²) in [6.07, 6.45) is 2.35. The Morgan fingerprint density at radius 1 is 1.10 bits per heavy atom. The third-order valence-electron chi connectivity index (χ3n) is 3.61. The molecule has 21 heavy (non-hydrogen) atoms. The Labute approximate surface area is 140 Å². The number of aryl methyl sites for hydroxylation is 1. The summed E-state index contributed by atoms with van der Waals surface area (Å²) in [6, 6.07) is 13.0. The van der Waals surface area contributed by atoms with Crippen molar-refractivity contribution in [1.29, 1.82) is 0 Å². The van der Waals surface area contributed by atoms with Gasteiger partial charge >= 0.3 is 0 Å². The lowest BCUT2D eigenvalue weighted by atomic mass is 9.93. The minimum absolute atomic E-state index is 0.557. The van der Waals surface area contributed by atoms with Gasteiger partial charge in [-0.3, -0.25) is 0 Å². The maximum Gasteiger partial charge on any atom is 0.0210 e. The van der Waals surface area contributed by atoms with Gasteiger partial charge in [-0.15, -0.1) is 11.3 Å². The fourth-order valence-corrected chi connectivity index (χ4v) is 3.82. The highest BCUT2D eigenvalue weighted by molar-refractivity contribution is 9.10. The van der Waals surface area contributed by atoms with Crippen molar-refractivity contribution in [2.45, 2.75) is 32.6 Å². The van der Waals surface area contributed by atoms with E-state index in [2.05, 4.69) is 76.9 Å². The zero-order chi connectivity index (χ0) is 15.1. The average Bonchev–Trinajstić information content (AvgIpc) is 2.96. The Morgan fingerprint density at radius 3 is 2.57 bits per heavy atom. The van der Waals surface area contributed by atoms with Crippen LogP contribution in [0, 0.1) is 5.92 Å². The number of nitrogens with one attached hydrogen (secondary N) is 1. The Bertz CT molecular complexity index is 522. The second kappa shape index (κ2) is 8.72. The number of rotatable bonds is 8. The van der Waals surface area contributed by atoms with Gasteiger partial charge in [0.2, 0.25) is 0 Å². The van der Waals surface area contributed by atoms with Gasteiger partial charge in [0.25, 0.3) is 0 Å². The standard InChI is InChI=1S/C18H24BrNS/c1-14(2)12-20-13-15(9-10-16-6-5-11-21-16)17-7-3-4-8-18(17)19/h3-8,11,14-15,20H,9-10,12-13H2,1-2H3. The first-order valence-corrected chi connectivity index (χ1v) is 9.31. The Kier molecular flexibility index (Phi) is 6.94. The first kappa shape index (κ1) is 16.7. The van der Waals surface area contributed by atoms with E-state index in [0.717, 1.165) is 19.5 Å². The van der Waals surface area contributed by atoms with Gasteiger partial charge in [0, 0.05) is 15.9 Å². The van der Waals surface area contributed by atoms with Crippen molar-refractivity contribution in [2.75, 3.05) is 13.1 Å². The molecule has 0 radical (unpaired) electrons. The van der Waals surface area contributed by atoms with Crippen LogP contribution in [-0.4, -0.2) is 13.1 Å². The molecule has 0 aliphatic rings. The van der Waals surface area contributed by atoms with Gasteiger partial charge in [-0.25, -0.2) is 0 Å². The van der Waals surface area contributed by atoms with Crippen LogP contribution in [0.15, 0.2) is 46.3 Å². The summed E-state index contributed by atoms with van der Waals surface area (Å²) in [5.41, 5.74) is 1.42. The smallest absolute Gasteiger partial charge is 0.0210 e. The molecular formula is C18H24BrNS. The molecule has 0 saturated heterocycles. The monoisotopic (exact) mass is 365 g/mol. The zero-order valence-electron chi connectivity index (χ0n) is 12.8. The van der Waals surface area contributed by atoms with E-state index in [-0.39, 0.29) is 0 Å². The molecule has 1 nitrogen and oxygen atoms in total. The molecule has 0 spiro atoms. The first-order chi connectivity index (χ1) is 10.2. The molecule has 114 valence electrons. The van der Waals surface area contributed by atoms with Crippen LogP contribution in [0.4, 0.5) is 0 Å². The van der Waals surface area contributed by atoms with Crippen LogP contribution in [0.1, 0.15) is 36.6 Å². The second-order valence-electron chi connectivity index (χ2n) is 5.89. The molecule has 1 aromatic carbocycles. The lowest BCUT2D eigenvalue weighted by molar-refractivity contribution is 0.500. The zero-order valence-corrected chi connectivity index (χ0v) is 15.2. The lowest BCUT2D eigenvalue weighted by Gasteiger charge is -2.20. The molecule has 0 bridgehead atoms. The van der Waals surface area contributed by atoms with Crippen LogP contribution in [0.3, 0.4) is 0 Å². The minimum Gasteiger partial charge on any atom is -0.316 e.